The molecule has 0 unspecified atom stereocenters. The van der Waals surface area contributed by atoms with Gasteiger partial charge in [-0.1, -0.05) is 47.6 Å². The van der Waals surface area contributed by atoms with E-state index < -0.39 is 16.1 Å². The zero-order chi connectivity index (χ0) is 24.1. The first kappa shape index (κ1) is 23.1. The van der Waals surface area contributed by atoms with Crippen molar-refractivity contribution in [3.8, 4) is 16.9 Å². The van der Waals surface area contributed by atoms with Crippen LogP contribution in [0.5, 0.6) is 5.75 Å². The monoisotopic (exact) mass is 477 g/mol. The topological polar surface area (TPSA) is 111 Å². The van der Waals surface area contributed by atoms with E-state index in [1.165, 1.54) is 30.3 Å². The molecule has 4 rings (SSSR count). The standard InChI is InChI=1S/C25H23N3O5S/c1-17-16-24(27-33-17)28-34(30,31)23-14-10-21(11-15-23)26-25(29)18(2)32-22-12-8-20(9-13-22)19-6-4-3-5-7-19/h3-16,18H,1-2H3,(H,26,29)(H,27,28)/t18-/m1/s1. The van der Waals surface area contributed by atoms with E-state index in [1.807, 2.05) is 54.6 Å². The van der Waals surface area contributed by atoms with E-state index in [1.54, 1.807) is 13.8 Å². The number of hydrogen-bond donors (Lipinski definition) is 2. The highest BCUT2D eigenvalue weighted by Crippen LogP contribution is 2.23. The number of nitrogens with zero attached hydrogens (tertiary/aromatic N) is 1. The van der Waals surface area contributed by atoms with E-state index >= 15 is 0 Å². The normalized spacial score (nSPS) is 12.1. The molecule has 1 amide bonds. The molecule has 0 spiro atoms. The Morgan fingerprint density at radius 1 is 0.941 bits per heavy atom. The fourth-order valence-electron chi connectivity index (χ4n) is 3.19. The van der Waals surface area contributed by atoms with Gasteiger partial charge in [-0.15, -0.1) is 0 Å². The summed E-state index contributed by atoms with van der Waals surface area (Å²) in [5.74, 6) is 0.786. The SMILES string of the molecule is Cc1cc(NS(=O)(=O)c2ccc(NC(=O)[C@@H](C)Oc3ccc(-c4ccccc4)cc3)cc2)no1. The van der Waals surface area contributed by atoms with Gasteiger partial charge in [0.25, 0.3) is 15.9 Å². The molecule has 0 aliphatic carbocycles. The van der Waals surface area contributed by atoms with Crippen LogP contribution in [0.2, 0.25) is 0 Å². The lowest BCUT2D eigenvalue weighted by molar-refractivity contribution is -0.122. The van der Waals surface area contributed by atoms with Crippen molar-refractivity contribution in [1.82, 2.24) is 5.16 Å². The van der Waals surface area contributed by atoms with Gasteiger partial charge < -0.3 is 14.6 Å². The van der Waals surface area contributed by atoms with Gasteiger partial charge in [0.05, 0.1) is 4.90 Å². The molecular weight excluding hydrogens is 454 g/mol. The van der Waals surface area contributed by atoms with E-state index in [2.05, 4.69) is 15.2 Å². The molecule has 2 N–H and O–H groups in total. The summed E-state index contributed by atoms with van der Waals surface area (Å²) in [6.07, 6.45) is -0.761. The summed E-state index contributed by atoms with van der Waals surface area (Å²) in [5.41, 5.74) is 2.58. The van der Waals surface area contributed by atoms with Crippen molar-refractivity contribution in [1.29, 1.82) is 0 Å². The molecule has 3 aromatic carbocycles. The van der Waals surface area contributed by atoms with Gasteiger partial charge in [-0.2, -0.15) is 0 Å². The fourth-order valence-corrected chi connectivity index (χ4v) is 4.17. The lowest BCUT2D eigenvalue weighted by Gasteiger charge is -2.15. The molecule has 174 valence electrons. The van der Waals surface area contributed by atoms with Gasteiger partial charge in [0.2, 0.25) is 0 Å². The molecule has 1 heterocycles. The number of anilines is 2. The van der Waals surface area contributed by atoms with E-state index in [-0.39, 0.29) is 16.6 Å². The molecule has 9 heteroatoms. The highest BCUT2D eigenvalue weighted by molar-refractivity contribution is 7.92. The number of hydrogen-bond acceptors (Lipinski definition) is 6. The highest BCUT2D eigenvalue weighted by Gasteiger charge is 2.18. The summed E-state index contributed by atoms with van der Waals surface area (Å²) in [6.45, 7) is 3.30. The van der Waals surface area contributed by atoms with Gasteiger partial charge in [0, 0.05) is 11.8 Å². The molecule has 8 nitrogen and oxygen atoms in total. The van der Waals surface area contributed by atoms with Crippen LogP contribution in [0.15, 0.2) is 94.3 Å². The predicted octanol–water partition coefficient (Wildman–Crippen LogP) is 4.86. The summed E-state index contributed by atoms with van der Waals surface area (Å²) in [4.78, 5) is 12.6. The largest absolute Gasteiger partial charge is 0.481 e. The van der Waals surface area contributed by atoms with Crippen LogP contribution >= 0.6 is 0 Å². The molecule has 0 aliphatic heterocycles. The smallest absolute Gasteiger partial charge is 0.265 e. The first-order chi connectivity index (χ1) is 16.3. The van der Waals surface area contributed by atoms with Crippen molar-refractivity contribution in [2.75, 3.05) is 10.0 Å². The van der Waals surface area contributed by atoms with Crippen molar-refractivity contribution in [2.45, 2.75) is 24.8 Å². The number of rotatable bonds is 8. The number of aryl methyl sites for hydroxylation is 1. The Labute approximate surface area is 197 Å². The lowest BCUT2D eigenvalue weighted by Crippen LogP contribution is -2.30. The molecular formula is C25H23N3O5S. The van der Waals surface area contributed by atoms with Crippen LogP contribution in [0, 0.1) is 6.92 Å². The van der Waals surface area contributed by atoms with Crippen molar-refractivity contribution >= 4 is 27.4 Å². The zero-order valence-electron chi connectivity index (χ0n) is 18.6. The second-order valence-corrected chi connectivity index (χ2v) is 9.27. The zero-order valence-corrected chi connectivity index (χ0v) is 19.4. The number of aromatic nitrogens is 1. The van der Waals surface area contributed by atoms with Crippen LogP contribution in [-0.2, 0) is 14.8 Å². The minimum atomic E-state index is -3.84. The van der Waals surface area contributed by atoms with Crippen LogP contribution in [0.3, 0.4) is 0 Å². The molecule has 0 saturated heterocycles. The van der Waals surface area contributed by atoms with Crippen molar-refractivity contribution in [3.05, 3.63) is 90.7 Å². The minimum absolute atomic E-state index is 0.0222. The van der Waals surface area contributed by atoms with Gasteiger partial charge in [-0.25, -0.2) is 8.42 Å². The predicted molar refractivity (Wildman–Crippen MR) is 129 cm³/mol. The summed E-state index contributed by atoms with van der Waals surface area (Å²) in [7, 11) is -3.84. The van der Waals surface area contributed by atoms with E-state index in [4.69, 9.17) is 9.26 Å². The number of carbonyl (C=O) groups excluding carboxylic acids is 1. The third-order valence-electron chi connectivity index (χ3n) is 4.94. The second-order valence-electron chi connectivity index (χ2n) is 7.59. The maximum Gasteiger partial charge on any atom is 0.265 e. The van der Waals surface area contributed by atoms with Crippen LogP contribution in [0.4, 0.5) is 11.5 Å². The van der Waals surface area contributed by atoms with Gasteiger partial charge in [0.1, 0.15) is 11.5 Å². The highest BCUT2D eigenvalue weighted by atomic mass is 32.2. The molecule has 0 saturated carbocycles. The van der Waals surface area contributed by atoms with Gasteiger partial charge in [-0.3, -0.25) is 9.52 Å². The van der Waals surface area contributed by atoms with Crippen molar-refractivity contribution in [3.63, 3.8) is 0 Å². The average molecular weight is 478 g/mol. The molecule has 0 bridgehead atoms. The van der Waals surface area contributed by atoms with Gasteiger partial charge in [0.15, 0.2) is 11.9 Å². The first-order valence-corrected chi connectivity index (χ1v) is 12.0. The van der Waals surface area contributed by atoms with Crippen molar-refractivity contribution < 1.29 is 22.5 Å². The van der Waals surface area contributed by atoms with E-state index in [0.717, 1.165) is 11.1 Å². The molecule has 34 heavy (non-hydrogen) atoms. The first-order valence-electron chi connectivity index (χ1n) is 10.5. The minimum Gasteiger partial charge on any atom is -0.481 e. The number of ether oxygens (including phenoxy) is 1. The van der Waals surface area contributed by atoms with Crippen LogP contribution < -0.4 is 14.8 Å². The maximum atomic E-state index is 12.5. The van der Waals surface area contributed by atoms with Crippen LogP contribution in [-0.4, -0.2) is 25.6 Å². The van der Waals surface area contributed by atoms with Crippen LogP contribution in [0.25, 0.3) is 11.1 Å². The lowest BCUT2D eigenvalue weighted by atomic mass is 10.1. The molecule has 0 aliphatic rings. The Hall–Kier alpha value is -4.11. The van der Waals surface area contributed by atoms with E-state index in [0.29, 0.717) is 17.2 Å². The second kappa shape index (κ2) is 9.80. The quantitative estimate of drug-likeness (QED) is 0.375. The Balaban J connectivity index is 1.35. The molecule has 0 radical (unpaired) electrons. The Morgan fingerprint density at radius 2 is 1.59 bits per heavy atom. The van der Waals surface area contributed by atoms with Crippen LogP contribution in [0.1, 0.15) is 12.7 Å². The Bertz CT molecular complexity index is 1370. The fraction of sp³-hybridized carbons (Fsp3) is 0.120. The van der Waals surface area contributed by atoms with E-state index in [9.17, 15) is 13.2 Å². The summed E-state index contributed by atoms with van der Waals surface area (Å²) >= 11 is 0. The summed E-state index contributed by atoms with van der Waals surface area (Å²) in [6, 6.07) is 24.7. The Kier molecular flexibility index (Phi) is 6.65. The average Bonchev–Trinajstić information content (AvgIpc) is 3.24. The van der Waals surface area contributed by atoms with Crippen molar-refractivity contribution in [2.24, 2.45) is 0 Å². The molecule has 0 fully saturated rings. The number of nitrogens with one attached hydrogen (secondary N) is 2. The summed E-state index contributed by atoms with van der Waals surface area (Å²) < 4.78 is 37.9. The Morgan fingerprint density at radius 3 is 2.21 bits per heavy atom. The number of carbonyl (C=O) groups is 1. The third-order valence-corrected chi connectivity index (χ3v) is 6.31. The molecule has 4 aromatic rings. The summed E-state index contributed by atoms with van der Waals surface area (Å²) in [5, 5.41) is 6.35. The number of sulfonamides is 1. The van der Waals surface area contributed by atoms with Gasteiger partial charge >= 0.3 is 0 Å². The van der Waals surface area contributed by atoms with Gasteiger partial charge in [-0.05, 0) is 61.4 Å². The maximum absolute atomic E-state index is 12.5. The third kappa shape index (κ3) is 5.62. The number of benzene rings is 3. The molecule has 1 aromatic heterocycles. The molecule has 1 atom stereocenters. The number of amides is 1.